The number of nitrogens with zero attached hydrogens (tertiary/aromatic N) is 3. The number of aromatic amines is 1. The summed E-state index contributed by atoms with van der Waals surface area (Å²) in [5.41, 5.74) is 2.99. The van der Waals surface area contributed by atoms with Crippen LogP contribution in [0.15, 0.2) is 24.5 Å². The van der Waals surface area contributed by atoms with Gasteiger partial charge in [0.15, 0.2) is 0 Å². The number of aromatic nitrogens is 3. The number of amides is 2. The Labute approximate surface area is 141 Å². The van der Waals surface area contributed by atoms with Crippen molar-refractivity contribution < 1.29 is 4.79 Å². The molecule has 0 unspecified atom stereocenters. The van der Waals surface area contributed by atoms with Crippen molar-refractivity contribution in [1.29, 1.82) is 0 Å². The van der Waals surface area contributed by atoms with Gasteiger partial charge in [-0.2, -0.15) is 5.10 Å². The summed E-state index contributed by atoms with van der Waals surface area (Å²) in [5, 5.41) is 12.6. The number of carbonyl (C=O) groups is 1. The molecule has 0 spiro atoms. The molecule has 3 N–H and O–H groups in total. The number of hydrogen-bond acceptors (Lipinski definition) is 4. The highest BCUT2D eigenvalue weighted by Gasteiger charge is 2.13. The Kier molecular flexibility index (Phi) is 5.30. The number of H-pyrrole nitrogens is 1. The van der Waals surface area contributed by atoms with E-state index in [4.69, 9.17) is 0 Å². The lowest BCUT2D eigenvalue weighted by Gasteiger charge is -2.16. The van der Waals surface area contributed by atoms with E-state index in [0.717, 1.165) is 37.4 Å². The number of nitrogens with one attached hydrogen (secondary N) is 3. The second-order valence-electron chi connectivity index (χ2n) is 6.10. The predicted molar refractivity (Wildman–Crippen MR) is 94.4 cm³/mol. The van der Waals surface area contributed by atoms with Crippen molar-refractivity contribution >= 4 is 17.5 Å². The van der Waals surface area contributed by atoms with Crippen LogP contribution in [0.2, 0.25) is 0 Å². The van der Waals surface area contributed by atoms with Crippen molar-refractivity contribution in [3.05, 3.63) is 35.8 Å². The molecular formula is C17H24N6O. The Hall–Kier alpha value is -2.57. The second-order valence-corrected chi connectivity index (χ2v) is 6.10. The number of carbonyl (C=O) groups excluding carboxylic acids is 1. The molecule has 0 atom stereocenters. The molecule has 3 rings (SSSR count). The van der Waals surface area contributed by atoms with Gasteiger partial charge in [-0.25, -0.2) is 9.78 Å². The second kappa shape index (κ2) is 7.81. The summed E-state index contributed by atoms with van der Waals surface area (Å²) >= 11 is 0. The molecule has 3 heterocycles. The number of pyridine rings is 1. The Balaban J connectivity index is 1.39. The molecule has 2 aromatic rings. The SMILES string of the molecule is Cc1[nH]ncc1CCCNC(=O)Nc1ccc(N2CCCC2)nc1. The van der Waals surface area contributed by atoms with Gasteiger partial charge in [0.2, 0.25) is 0 Å². The van der Waals surface area contributed by atoms with Crippen LogP contribution in [-0.2, 0) is 6.42 Å². The van der Waals surface area contributed by atoms with Gasteiger partial charge < -0.3 is 15.5 Å². The number of rotatable bonds is 6. The first-order valence-corrected chi connectivity index (χ1v) is 8.47. The molecule has 0 saturated carbocycles. The fourth-order valence-electron chi connectivity index (χ4n) is 2.88. The Bertz CT molecular complexity index is 660. The van der Waals surface area contributed by atoms with Gasteiger partial charge in [0.1, 0.15) is 5.82 Å². The summed E-state index contributed by atoms with van der Waals surface area (Å²) in [6, 6.07) is 3.66. The largest absolute Gasteiger partial charge is 0.357 e. The third-order valence-electron chi connectivity index (χ3n) is 4.28. The van der Waals surface area contributed by atoms with E-state index >= 15 is 0 Å². The van der Waals surface area contributed by atoms with Gasteiger partial charge in [0.25, 0.3) is 0 Å². The van der Waals surface area contributed by atoms with E-state index in [9.17, 15) is 4.79 Å². The minimum absolute atomic E-state index is 0.199. The lowest BCUT2D eigenvalue weighted by Crippen LogP contribution is -2.29. The lowest BCUT2D eigenvalue weighted by molar-refractivity contribution is 0.252. The maximum Gasteiger partial charge on any atom is 0.319 e. The van der Waals surface area contributed by atoms with Crippen molar-refractivity contribution in [3.63, 3.8) is 0 Å². The molecule has 128 valence electrons. The fraction of sp³-hybridized carbons (Fsp3) is 0.471. The van der Waals surface area contributed by atoms with Crippen LogP contribution in [0.1, 0.15) is 30.5 Å². The number of urea groups is 1. The lowest BCUT2D eigenvalue weighted by atomic mass is 10.1. The standard InChI is InChI=1S/C17H24N6O/c1-13-14(11-20-22-13)5-4-8-18-17(24)21-15-6-7-16(19-12-15)23-9-2-3-10-23/h6-7,11-12H,2-5,8-10H2,1H3,(H,20,22)(H2,18,21,24). The van der Waals surface area contributed by atoms with Gasteiger partial charge >= 0.3 is 6.03 Å². The topological polar surface area (TPSA) is 85.9 Å². The normalized spacial score (nSPS) is 14.0. The summed E-state index contributed by atoms with van der Waals surface area (Å²) in [6.07, 6.45) is 7.77. The third-order valence-corrected chi connectivity index (χ3v) is 4.28. The molecule has 1 aliphatic rings. The summed E-state index contributed by atoms with van der Waals surface area (Å²) in [4.78, 5) is 18.6. The first-order chi connectivity index (χ1) is 11.7. The van der Waals surface area contributed by atoms with Crippen molar-refractivity contribution in [2.45, 2.75) is 32.6 Å². The van der Waals surface area contributed by atoms with E-state index in [1.54, 1.807) is 6.20 Å². The molecule has 7 heteroatoms. The van der Waals surface area contributed by atoms with E-state index in [1.807, 2.05) is 25.3 Å². The maximum atomic E-state index is 11.9. The molecule has 1 saturated heterocycles. The van der Waals surface area contributed by atoms with E-state index in [-0.39, 0.29) is 6.03 Å². The predicted octanol–water partition coefficient (Wildman–Crippen LogP) is 2.47. The van der Waals surface area contributed by atoms with Gasteiger partial charge in [-0.15, -0.1) is 0 Å². The highest BCUT2D eigenvalue weighted by Crippen LogP contribution is 2.18. The molecule has 1 fully saturated rings. The van der Waals surface area contributed by atoms with Crippen LogP contribution in [0.5, 0.6) is 0 Å². The van der Waals surface area contributed by atoms with Crippen molar-refractivity contribution in [2.24, 2.45) is 0 Å². The zero-order valence-electron chi connectivity index (χ0n) is 14.0. The van der Waals surface area contributed by atoms with E-state index < -0.39 is 0 Å². The van der Waals surface area contributed by atoms with E-state index in [1.165, 1.54) is 18.4 Å². The summed E-state index contributed by atoms with van der Waals surface area (Å²) in [6.45, 7) is 4.75. The molecule has 2 aromatic heterocycles. The third kappa shape index (κ3) is 4.24. The van der Waals surface area contributed by atoms with E-state index in [2.05, 4.69) is 30.7 Å². The number of anilines is 2. The van der Waals surface area contributed by atoms with Crippen molar-refractivity contribution in [1.82, 2.24) is 20.5 Å². The van der Waals surface area contributed by atoms with Crippen LogP contribution >= 0.6 is 0 Å². The first-order valence-electron chi connectivity index (χ1n) is 8.47. The van der Waals surface area contributed by atoms with Crippen LogP contribution in [0.3, 0.4) is 0 Å². The smallest absolute Gasteiger partial charge is 0.319 e. The zero-order valence-corrected chi connectivity index (χ0v) is 14.0. The molecule has 0 aromatic carbocycles. The summed E-state index contributed by atoms with van der Waals surface area (Å²) < 4.78 is 0. The monoisotopic (exact) mass is 328 g/mol. The molecular weight excluding hydrogens is 304 g/mol. The van der Waals surface area contributed by atoms with Crippen molar-refractivity contribution in [3.8, 4) is 0 Å². The van der Waals surface area contributed by atoms with Gasteiger partial charge in [-0.3, -0.25) is 5.10 Å². The van der Waals surface area contributed by atoms with Crippen LogP contribution in [-0.4, -0.2) is 40.8 Å². The highest BCUT2D eigenvalue weighted by molar-refractivity contribution is 5.89. The average Bonchev–Trinajstić information content (AvgIpc) is 3.24. The van der Waals surface area contributed by atoms with Gasteiger partial charge in [0, 0.05) is 25.3 Å². The van der Waals surface area contributed by atoms with Crippen LogP contribution < -0.4 is 15.5 Å². The Morgan fingerprint density at radius 2 is 2.12 bits per heavy atom. The summed E-state index contributed by atoms with van der Waals surface area (Å²) in [5.74, 6) is 0.981. The van der Waals surface area contributed by atoms with Crippen LogP contribution in [0.4, 0.5) is 16.3 Å². The first kappa shape index (κ1) is 16.3. The molecule has 0 radical (unpaired) electrons. The Morgan fingerprint density at radius 1 is 1.29 bits per heavy atom. The maximum absolute atomic E-state index is 11.9. The van der Waals surface area contributed by atoms with Crippen molar-refractivity contribution in [2.75, 3.05) is 29.9 Å². The number of hydrogen-bond donors (Lipinski definition) is 3. The van der Waals surface area contributed by atoms with Gasteiger partial charge in [0.05, 0.1) is 18.1 Å². The number of aryl methyl sites for hydroxylation is 2. The van der Waals surface area contributed by atoms with Gasteiger partial charge in [-0.05, 0) is 50.3 Å². The molecule has 7 nitrogen and oxygen atoms in total. The Morgan fingerprint density at radius 3 is 2.79 bits per heavy atom. The highest BCUT2D eigenvalue weighted by atomic mass is 16.2. The van der Waals surface area contributed by atoms with E-state index in [0.29, 0.717) is 12.2 Å². The average molecular weight is 328 g/mol. The fourth-order valence-corrected chi connectivity index (χ4v) is 2.88. The van der Waals surface area contributed by atoms with Crippen LogP contribution in [0.25, 0.3) is 0 Å². The molecule has 24 heavy (non-hydrogen) atoms. The molecule has 1 aliphatic heterocycles. The van der Waals surface area contributed by atoms with Crippen LogP contribution in [0, 0.1) is 6.92 Å². The zero-order chi connectivity index (χ0) is 16.8. The molecule has 0 bridgehead atoms. The van der Waals surface area contributed by atoms with Gasteiger partial charge in [-0.1, -0.05) is 0 Å². The molecule has 0 aliphatic carbocycles. The molecule has 2 amide bonds. The minimum Gasteiger partial charge on any atom is -0.357 e. The quantitative estimate of drug-likeness (QED) is 0.711. The minimum atomic E-state index is -0.199. The summed E-state index contributed by atoms with van der Waals surface area (Å²) in [7, 11) is 0.